The summed E-state index contributed by atoms with van der Waals surface area (Å²) in [6, 6.07) is 7.08. The van der Waals surface area contributed by atoms with Crippen molar-refractivity contribution in [1.29, 1.82) is 0 Å². The first-order valence-electron chi connectivity index (χ1n) is 5.81. The smallest absolute Gasteiger partial charge is 0.239 e. The van der Waals surface area contributed by atoms with Gasteiger partial charge in [0.2, 0.25) is 5.91 Å². The SMILES string of the molecule is CCN(CC)C(C(N)=O)c1ccc(OC)cc1. The summed E-state index contributed by atoms with van der Waals surface area (Å²) in [5.41, 5.74) is 6.38. The van der Waals surface area contributed by atoms with Crippen molar-refractivity contribution in [1.82, 2.24) is 4.90 Å². The molecule has 0 saturated heterocycles. The molecule has 0 fully saturated rings. The third-order valence-corrected chi connectivity index (χ3v) is 2.88. The van der Waals surface area contributed by atoms with Crippen LogP contribution in [0.2, 0.25) is 0 Å². The maximum absolute atomic E-state index is 11.6. The van der Waals surface area contributed by atoms with E-state index in [9.17, 15) is 4.79 Å². The van der Waals surface area contributed by atoms with Gasteiger partial charge in [-0.25, -0.2) is 0 Å². The fourth-order valence-corrected chi connectivity index (χ4v) is 1.93. The molecule has 0 aliphatic carbocycles. The summed E-state index contributed by atoms with van der Waals surface area (Å²) < 4.78 is 5.09. The number of likely N-dealkylation sites (N-methyl/N-ethyl adjacent to an activating group) is 1. The Balaban J connectivity index is 3.00. The number of nitrogens with two attached hydrogens (primary N) is 1. The quantitative estimate of drug-likeness (QED) is 0.815. The average Bonchev–Trinajstić information content (AvgIpc) is 2.35. The topological polar surface area (TPSA) is 55.6 Å². The van der Waals surface area contributed by atoms with E-state index < -0.39 is 0 Å². The highest BCUT2D eigenvalue weighted by atomic mass is 16.5. The van der Waals surface area contributed by atoms with Gasteiger partial charge in [0.25, 0.3) is 0 Å². The first-order valence-corrected chi connectivity index (χ1v) is 5.81. The third-order valence-electron chi connectivity index (χ3n) is 2.88. The Morgan fingerprint density at radius 2 is 1.82 bits per heavy atom. The minimum atomic E-state index is -0.365. The molecule has 1 rings (SSSR count). The van der Waals surface area contributed by atoms with Gasteiger partial charge in [-0.2, -0.15) is 0 Å². The van der Waals surface area contributed by atoms with Crippen LogP contribution in [-0.4, -0.2) is 31.0 Å². The molecule has 2 N–H and O–H groups in total. The van der Waals surface area contributed by atoms with Gasteiger partial charge in [-0.3, -0.25) is 9.69 Å². The summed E-state index contributed by atoms with van der Waals surface area (Å²) in [5, 5.41) is 0. The van der Waals surface area contributed by atoms with E-state index in [-0.39, 0.29) is 11.9 Å². The minimum Gasteiger partial charge on any atom is -0.497 e. The molecule has 94 valence electrons. The monoisotopic (exact) mass is 236 g/mol. The molecule has 4 nitrogen and oxygen atoms in total. The van der Waals surface area contributed by atoms with E-state index in [1.807, 2.05) is 43.0 Å². The molecule has 0 aliphatic heterocycles. The van der Waals surface area contributed by atoms with E-state index in [1.54, 1.807) is 7.11 Å². The predicted molar refractivity (Wildman–Crippen MR) is 67.9 cm³/mol. The molecule has 1 amide bonds. The number of hydrogen-bond acceptors (Lipinski definition) is 3. The summed E-state index contributed by atoms with van der Waals surface area (Å²) >= 11 is 0. The highest BCUT2D eigenvalue weighted by molar-refractivity contribution is 5.81. The van der Waals surface area contributed by atoms with Crippen LogP contribution in [0.4, 0.5) is 0 Å². The second-order valence-electron chi connectivity index (χ2n) is 3.80. The molecule has 0 saturated carbocycles. The number of hydrogen-bond donors (Lipinski definition) is 1. The van der Waals surface area contributed by atoms with Crippen molar-refractivity contribution in [2.45, 2.75) is 19.9 Å². The summed E-state index contributed by atoms with van der Waals surface area (Å²) in [7, 11) is 1.62. The Labute approximate surface area is 102 Å². The third kappa shape index (κ3) is 3.20. The molecule has 4 heteroatoms. The van der Waals surface area contributed by atoms with Gasteiger partial charge >= 0.3 is 0 Å². The van der Waals surface area contributed by atoms with Gasteiger partial charge in [0, 0.05) is 0 Å². The van der Waals surface area contributed by atoms with Crippen LogP contribution in [0.1, 0.15) is 25.5 Å². The van der Waals surface area contributed by atoms with Crippen LogP contribution < -0.4 is 10.5 Å². The van der Waals surface area contributed by atoms with Gasteiger partial charge in [-0.1, -0.05) is 26.0 Å². The number of rotatable bonds is 6. The Morgan fingerprint density at radius 1 is 1.29 bits per heavy atom. The first-order chi connectivity index (χ1) is 8.13. The average molecular weight is 236 g/mol. The predicted octanol–water partition coefficient (Wildman–Crippen LogP) is 1.56. The Bertz CT molecular complexity index is 358. The van der Waals surface area contributed by atoms with Crippen molar-refractivity contribution in [2.24, 2.45) is 5.73 Å². The molecule has 1 aromatic carbocycles. The van der Waals surface area contributed by atoms with Crippen LogP contribution in [0, 0.1) is 0 Å². The highest BCUT2D eigenvalue weighted by Gasteiger charge is 2.23. The molecule has 0 aliphatic rings. The largest absolute Gasteiger partial charge is 0.497 e. The second kappa shape index (κ2) is 6.25. The van der Waals surface area contributed by atoms with Gasteiger partial charge in [0.15, 0.2) is 0 Å². The van der Waals surface area contributed by atoms with E-state index in [4.69, 9.17) is 10.5 Å². The lowest BCUT2D eigenvalue weighted by atomic mass is 10.0. The van der Waals surface area contributed by atoms with Crippen LogP contribution in [0.25, 0.3) is 0 Å². The molecule has 0 heterocycles. The number of benzene rings is 1. The fraction of sp³-hybridized carbons (Fsp3) is 0.462. The molecule has 1 unspecified atom stereocenters. The van der Waals surface area contributed by atoms with E-state index in [0.717, 1.165) is 24.4 Å². The van der Waals surface area contributed by atoms with Crippen LogP contribution in [-0.2, 0) is 4.79 Å². The van der Waals surface area contributed by atoms with Crippen LogP contribution in [0.15, 0.2) is 24.3 Å². The van der Waals surface area contributed by atoms with E-state index in [0.29, 0.717) is 0 Å². The maximum atomic E-state index is 11.6. The lowest BCUT2D eigenvalue weighted by Crippen LogP contribution is -2.37. The number of methoxy groups -OCH3 is 1. The van der Waals surface area contributed by atoms with Crippen LogP contribution >= 0.6 is 0 Å². The van der Waals surface area contributed by atoms with Crippen LogP contribution in [0.3, 0.4) is 0 Å². The number of carbonyl (C=O) groups is 1. The zero-order valence-corrected chi connectivity index (χ0v) is 10.6. The van der Waals surface area contributed by atoms with E-state index in [1.165, 1.54) is 0 Å². The van der Waals surface area contributed by atoms with Gasteiger partial charge in [-0.05, 0) is 30.8 Å². The minimum absolute atomic E-state index is 0.320. The van der Waals surface area contributed by atoms with Crippen molar-refractivity contribution in [2.75, 3.05) is 20.2 Å². The number of primary amides is 1. The zero-order chi connectivity index (χ0) is 12.8. The Kier molecular flexibility index (Phi) is 4.97. The molecular formula is C13H20N2O2. The van der Waals surface area contributed by atoms with Gasteiger partial charge in [0.1, 0.15) is 11.8 Å². The number of ether oxygens (including phenoxy) is 1. The zero-order valence-electron chi connectivity index (χ0n) is 10.6. The molecule has 1 atom stereocenters. The van der Waals surface area contributed by atoms with Crippen molar-refractivity contribution >= 4 is 5.91 Å². The van der Waals surface area contributed by atoms with Gasteiger partial charge in [0.05, 0.1) is 7.11 Å². The van der Waals surface area contributed by atoms with Crippen molar-refractivity contribution in [3.05, 3.63) is 29.8 Å². The second-order valence-corrected chi connectivity index (χ2v) is 3.80. The molecule has 0 radical (unpaired) electrons. The molecule has 0 spiro atoms. The molecule has 0 bridgehead atoms. The van der Waals surface area contributed by atoms with Gasteiger partial charge in [-0.15, -0.1) is 0 Å². The normalized spacial score (nSPS) is 12.5. The van der Waals surface area contributed by atoms with Crippen molar-refractivity contribution < 1.29 is 9.53 Å². The fourth-order valence-electron chi connectivity index (χ4n) is 1.93. The Hall–Kier alpha value is -1.55. The number of carbonyl (C=O) groups excluding carboxylic acids is 1. The number of amides is 1. The van der Waals surface area contributed by atoms with Crippen molar-refractivity contribution in [3.63, 3.8) is 0 Å². The highest BCUT2D eigenvalue weighted by Crippen LogP contribution is 2.22. The van der Waals surface area contributed by atoms with Crippen molar-refractivity contribution in [3.8, 4) is 5.75 Å². The summed E-state index contributed by atoms with van der Waals surface area (Å²) in [4.78, 5) is 13.6. The standard InChI is InChI=1S/C13H20N2O2/c1-4-15(5-2)12(13(14)16)10-6-8-11(17-3)9-7-10/h6-9,12H,4-5H2,1-3H3,(H2,14,16). The molecular weight excluding hydrogens is 216 g/mol. The van der Waals surface area contributed by atoms with Gasteiger partial charge < -0.3 is 10.5 Å². The maximum Gasteiger partial charge on any atom is 0.239 e. The lowest BCUT2D eigenvalue weighted by molar-refractivity contribution is -0.123. The Morgan fingerprint density at radius 3 is 2.18 bits per heavy atom. The van der Waals surface area contributed by atoms with Crippen LogP contribution in [0.5, 0.6) is 5.75 Å². The summed E-state index contributed by atoms with van der Waals surface area (Å²) in [6.45, 7) is 5.61. The first kappa shape index (κ1) is 13.5. The summed E-state index contributed by atoms with van der Waals surface area (Å²) in [5.74, 6) is 0.454. The van der Waals surface area contributed by atoms with E-state index >= 15 is 0 Å². The molecule has 17 heavy (non-hydrogen) atoms. The molecule has 1 aromatic rings. The summed E-state index contributed by atoms with van der Waals surface area (Å²) in [6.07, 6.45) is 0. The lowest BCUT2D eigenvalue weighted by Gasteiger charge is -2.27. The van der Waals surface area contributed by atoms with E-state index in [2.05, 4.69) is 0 Å². The molecule has 0 aromatic heterocycles. The number of nitrogens with zero attached hydrogens (tertiary/aromatic N) is 1.